The number of carbonyl (C=O) groups is 1. The van der Waals surface area contributed by atoms with E-state index >= 15 is 0 Å². The van der Waals surface area contributed by atoms with Gasteiger partial charge in [0.1, 0.15) is 0 Å². The highest BCUT2D eigenvalue weighted by Crippen LogP contribution is 2.18. The molecule has 0 saturated heterocycles. The third kappa shape index (κ3) is 3.14. The Balaban J connectivity index is 1.64. The number of fused-ring (bicyclic) bond motifs is 1. The molecule has 3 rings (SSSR count). The van der Waals surface area contributed by atoms with Crippen molar-refractivity contribution in [1.29, 1.82) is 0 Å². The van der Waals surface area contributed by atoms with E-state index in [1.54, 1.807) is 16.2 Å². The van der Waals surface area contributed by atoms with E-state index in [0.29, 0.717) is 0 Å². The third-order valence-electron chi connectivity index (χ3n) is 3.90. The Bertz CT molecular complexity index is 763. The molecule has 0 aliphatic rings. The Morgan fingerprint density at radius 2 is 2.23 bits per heavy atom. The molecule has 4 nitrogen and oxygen atoms in total. The van der Waals surface area contributed by atoms with Gasteiger partial charge < -0.3 is 15.2 Å². The van der Waals surface area contributed by atoms with E-state index < -0.39 is 0 Å². The molecule has 0 spiro atoms. The van der Waals surface area contributed by atoms with Crippen LogP contribution < -0.4 is 5.32 Å². The van der Waals surface area contributed by atoms with Gasteiger partial charge in [0.05, 0.1) is 0 Å². The fourth-order valence-electron chi connectivity index (χ4n) is 2.42. The van der Waals surface area contributed by atoms with E-state index in [4.69, 9.17) is 0 Å². The van der Waals surface area contributed by atoms with Gasteiger partial charge in [-0.3, -0.25) is 0 Å². The average Bonchev–Trinajstić information content (AvgIpc) is 3.16. The Hall–Kier alpha value is -2.27. The number of H-pyrrole nitrogens is 1. The molecule has 1 aromatic carbocycles. The van der Waals surface area contributed by atoms with Crippen LogP contribution in [-0.4, -0.2) is 29.0 Å². The third-order valence-corrected chi connectivity index (χ3v) is 4.63. The van der Waals surface area contributed by atoms with E-state index in [1.807, 2.05) is 37.5 Å². The second kappa shape index (κ2) is 6.23. The lowest BCUT2D eigenvalue weighted by Gasteiger charge is -2.25. The van der Waals surface area contributed by atoms with Gasteiger partial charge in [0.2, 0.25) is 0 Å². The van der Waals surface area contributed by atoms with Gasteiger partial charge in [-0.25, -0.2) is 4.79 Å². The van der Waals surface area contributed by atoms with Gasteiger partial charge in [-0.2, -0.15) is 11.3 Å². The number of carbonyl (C=O) groups excluding carboxylic acids is 1. The van der Waals surface area contributed by atoms with E-state index in [1.165, 1.54) is 5.56 Å². The summed E-state index contributed by atoms with van der Waals surface area (Å²) in [4.78, 5) is 17.3. The summed E-state index contributed by atoms with van der Waals surface area (Å²) >= 11 is 1.68. The molecular weight excluding hydrogens is 294 g/mol. The molecule has 0 radical (unpaired) electrons. The van der Waals surface area contributed by atoms with Crippen LogP contribution in [0.1, 0.15) is 12.5 Å². The van der Waals surface area contributed by atoms with Gasteiger partial charge in [0.25, 0.3) is 0 Å². The summed E-state index contributed by atoms with van der Waals surface area (Å²) in [5.74, 6) is 0. The molecule has 5 heteroatoms. The lowest BCUT2D eigenvalue weighted by atomic mass is 10.1. The minimum absolute atomic E-state index is 0.0892. The molecule has 1 unspecified atom stereocenters. The van der Waals surface area contributed by atoms with Crippen LogP contribution in [0.2, 0.25) is 0 Å². The van der Waals surface area contributed by atoms with E-state index in [0.717, 1.165) is 23.0 Å². The zero-order chi connectivity index (χ0) is 15.5. The van der Waals surface area contributed by atoms with Crippen molar-refractivity contribution in [1.82, 2.24) is 9.88 Å². The first kappa shape index (κ1) is 14.7. The van der Waals surface area contributed by atoms with Crippen LogP contribution in [0.4, 0.5) is 10.5 Å². The highest BCUT2D eigenvalue weighted by Gasteiger charge is 2.16. The van der Waals surface area contributed by atoms with Crippen molar-refractivity contribution in [3.63, 3.8) is 0 Å². The highest BCUT2D eigenvalue weighted by molar-refractivity contribution is 7.07. The minimum atomic E-state index is -0.0892. The average molecular weight is 313 g/mol. The summed E-state index contributed by atoms with van der Waals surface area (Å²) in [7, 11) is 1.83. The normalized spacial score (nSPS) is 12.3. The summed E-state index contributed by atoms with van der Waals surface area (Å²) < 4.78 is 0. The minimum Gasteiger partial charge on any atom is -0.361 e. The van der Waals surface area contributed by atoms with E-state index in [2.05, 4.69) is 34.1 Å². The number of hydrogen-bond acceptors (Lipinski definition) is 2. The fourth-order valence-corrected chi connectivity index (χ4v) is 3.11. The van der Waals surface area contributed by atoms with Gasteiger partial charge in [-0.05, 0) is 59.3 Å². The van der Waals surface area contributed by atoms with Crippen LogP contribution in [0.25, 0.3) is 10.9 Å². The predicted octanol–water partition coefficient (Wildman–Crippen LogP) is 4.32. The van der Waals surface area contributed by atoms with Crippen molar-refractivity contribution in [2.75, 3.05) is 12.4 Å². The fraction of sp³-hybridized carbons (Fsp3) is 0.235. The molecule has 2 heterocycles. The Morgan fingerprint density at radius 1 is 1.36 bits per heavy atom. The number of nitrogens with zero attached hydrogens (tertiary/aromatic N) is 1. The summed E-state index contributed by atoms with van der Waals surface area (Å²) in [6.45, 7) is 2.06. The molecule has 2 aromatic heterocycles. The lowest BCUT2D eigenvalue weighted by Crippen LogP contribution is -2.39. The summed E-state index contributed by atoms with van der Waals surface area (Å²) in [6.07, 6.45) is 2.76. The first-order chi connectivity index (χ1) is 10.6. The standard InChI is InChI=1S/C17H19N3OS/c1-12(9-13-6-8-22-11-13)20(2)17(21)19-15-4-3-14-5-7-18-16(14)10-15/h3-8,10-12,18H,9H2,1-2H3,(H,19,21). The number of amides is 2. The molecule has 3 aromatic rings. The van der Waals surface area contributed by atoms with Crippen LogP contribution in [0.15, 0.2) is 47.3 Å². The number of likely N-dealkylation sites (N-methyl/N-ethyl adjacent to an activating group) is 1. The largest absolute Gasteiger partial charge is 0.361 e. The van der Waals surface area contributed by atoms with Gasteiger partial charge >= 0.3 is 6.03 Å². The zero-order valence-corrected chi connectivity index (χ0v) is 13.5. The lowest BCUT2D eigenvalue weighted by molar-refractivity contribution is 0.207. The van der Waals surface area contributed by atoms with Crippen molar-refractivity contribution in [3.05, 3.63) is 52.9 Å². The predicted molar refractivity (Wildman–Crippen MR) is 92.6 cm³/mol. The van der Waals surface area contributed by atoms with Crippen molar-refractivity contribution in [2.45, 2.75) is 19.4 Å². The maximum Gasteiger partial charge on any atom is 0.321 e. The van der Waals surface area contributed by atoms with Crippen LogP contribution in [0.3, 0.4) is 0 Å². The molecule has 2 N–H and O–H groups in total. The maximum absolute atomic E-state index is 12.4. The second-order valence-corrected chi connectivity index (χ2v) is 6.29. The molecule has 114 valence electrons. The smallest absolute Gasteiger partial charge is 0.321 e. The second-order valence-electron chi connectivity index (χ2n) is 5.51. The topological polar surface area (TPSA) is 48.1 Å². The number of nitrogens with one attached hydrogen (secondary N) is 2. The monoisotopic (exact) mass is 313 g/mol. The van der Waals surface area contributed by atoms with Crippen LogP contribution in [0, 0.1) is 0 Å². The first-order valence-electron chi connectivity index (χ1n) is 7.25. The Morgan fingerprint density at radius 3 is 3.00 bits per heavy atom. The van der Waals surface area contributed by atoms with Gasteiger partial charge in [-0.15, -0.1) is 0 Å². The number of thiophene rings is 1. The molecule has 22 heavy (non-hydrogen) atoms. The number of benzene rings is 1. The van der Waals surface area contributed by atoms with E-state index in [9.17, 15) is 4.79 Å². The molecule has 0 aliphatic carbocycles. The highest BCUT2D eigenvalue weighted by atomic mass is 32.1. The molecule has 1 atom stereocenters. The summed E-state index contributed by atoms with van der Waals surface area (Å²) in [5.41, 5.74) is 3.09. The number of rotatable bonds is 4. The molecular formula is C17H19N3OS. The number of urea groups is 1. The molecule has 0 saturated carbocycles. The van der Waals surface area contributed by atoms with Gasteiger partial charge in [-0.1, -0.05) is 6.07 Å². The van der Waals surface area contributed by atoms with Crippen molar-refractivity contribution >= 4 is 34.0 Å². The number of aromatic amines is 1. The molecule has 0 aliphatic heterocycles. The zero-order valence-electron chi connectivity index (χ0n) is 12.7. The number of hydrogen-bond donors (Lipinski definition) is 2. The first-order valence-corrected chi connectivity index (χ1v) is 8.20. The summed E-state index contributed by atoms with van der Waals surface area (Å²) in [5, 5.41) is 8.28. The van der Waals surface area contributed by atoms with Crippen LogP contribution >= 0.6 is 11.3 Å². The number of anilines is 1. The van der Waals surface area contributed by atoms with Crippen LogP contribution in [-0.2, 0) is 6.42 Å². The summed E-state index contributed by atoms with van der Waals surface area (Å²) in [6, 6.07) is 10.0. The number of aromatic nitrogens is 1. The Labute approximate surface area is 133 Å². The Kier molecular flexibility index (Phi) is 4.15. The van der Waals surface area contributed by atoms with Crippen molar-refractivity contribution in [3.8, 4) is 0 Å². The van der Waals surface area contributed by atoms with Crippen molar-refractivity contribution in [2.24, 2.45) is 0 Å². The quantitative estimate of drug-likeness (QED) is 0.740. The van der Waals surface area contributed by atoms with Crippen molar-refractivity contribution < 1.29 is 4.79 Å². The maximum atomic E-state index is 12.4. The van der Waals surface area contributed by atoms with Gasteiger partial charge in [0, 0.05) is 30.5 Å². The van der Waals surface area contributed by atoms with Crippen LogP contribution in [0.5, 0.6) is 0 Å². The SMILES string of the molecule is CC(Cc1ccsc1)N(C)C(=O)Nc1ccc2cc[nH]c2c1. The molecule has 0 fully saturated rings. The molecule has 2 amide bonds. The molecule has 0 bridgehead atoms. The van der Waals surface area contributed by atoms with Gasteiger partial charge in [0.15, 0.2) is 0 Å². The van der Waals surface area contributed by atoms with E-state index in [-0.39, 0.29) is 12.1 Å².